The van der Waals surface area contributed by atoms with Crippen molar-refractivity contribution in [1.82, 2.24) is 15.1 Å². The van der Waals surface area contributed by atoms with Crippen LogP contribution in [0.25, 0.3) is 11.3 Å². The van der Waals surface area contributed by atoms with E-state index in [0.29, 0.717) is 6.42 Å². The van der Waals surface area contributed by atoms with E-state index in [9.17, 15) is 13.6 Å². The van der Waals surface area contributed by atoms with Gasteiger partial charge in [0.15, 0.2) is 0 Å². The predicted molar refractivity (Wildman–Crippen MR) is 99.9 cm³/mol. The van der Waals surface area contributed by atoms with E-state index in [1.165, 1.54) is 17.7 Å². The largest absolute Gasteiger partial charge is 0.352 e. The number of nitrogens with zero attached hydrogens (tertiary/aromatic N) is 2. The summed E-state index contributed by atoms with van der Waals surface area (Å²) < 4.78 is 28.3. The molecule has 27 heavy (non-hydrogen) atoms. The molecule has 1 amide bonds. The number of carbonyl (C=O) groups is 1. The van der Waals surface area contributed by atoms with Crippen LogP contribution in [0, 0.1) is 18.6 Å². The molecule has 0 radical (unpaired) electrons. The number of hydrogen-bond donors (Lipinski definition) is 1. The summed E-state index contributed by atoms with van der Waals surface area (Å²) in [5.41, 5.74) is 4.26. The molecule has 0 aliphatic heterocycles. The number of hydrogen-bond acceptors (Lipinski definition) is 2. The molecule has 0 bridgehead atoms. The van der Waals surface area contributed by atoms with Gasteiger partial charge in [0.25, 0.3) is 0 Å². The van der Waals surface area contributed by atoms with Crippen LogP contribution >= 0.6 is 0 Å². The first-order chi connectivity index (χ1) is 12.9. The van der Waals surface area contributed by atoms with Crippen LogP contribution < -0.4 is 5.32 Å². The van der Waals surface area contributed by atoms with Gasteiger partial charge >= 0.3 is 0 Å². The zero-order valence-electron chi connectivity index (χ0n) is 15.3. The lowest BCUT2D eigenvalue weighted by atomic mass is 10.0. The molecule has 0 saturated carbocycles. The molecule has 0 fully saturated rings. The Morgan fingerprint density at radius 2 is 1.85 bits per heavy atom. The number of halogens is 2. The summed E-state index contributed by atoms with van der Waals surface area (Å²) in [7, 11) is 1.85. The van der Waals surface area contributed by atoms with Crippen molar-refractivity contribution in [3.63, 3.8) is 0 Å². The highest BCUT2D eigenvalue weighted by molar-refractivity contribution is 5.76. The maximum absolute atomic E-state index is 13.6. The van der Waals surface area contributed by atoms with Crippen LogP contribution in [0.1, 0.15) is 23.1 Å². The van der Waals surface area contributed by atoms with Gasteiger partial charge in [-0.2, -0.15) is 5.10 Å². The lowest BCUT2D eigenvalue weighted by molar-refractivity contribution is -0.121. The fraction of sp³-hybridized carbons (Fsp3) is 0.238. The molecular weight excluding hydrogens is 348 g/mol. The van der Waals surface area contributed by atoms with E-state index in [0.717, 1.165) is 22.9 Å². The van der Waals surface area contributed by atoms with Crippen molar-refractivity contribution in [2.24, 2.45) is 7.05 Å². The molecule has 0 aliphatic carbocycles. The van der Waals surface area contributed by atoms with E-state index in [-0.39, 0.29) is 24.4 Å². The molecule has 0 saturated heterocycles. The SMILES string of the molecule is Cc1ccc(-c2nn(C)cc2CCC(=O)NCc2ccc(F)cc2F)cc1. The standard InChI is InChI=1S/C21H21F2N3O/c1-14-3-5-15(6-4-14)21-17(13-26(2)25-21)8-10-20(27)24-12-16-7-9-18(22)11-19(16)23/h3-7,9,11,13H,8,10,12H2,1-2H3,(H,24,27). The minimum absolute atomic E-state index is 0.0306. The summed E-state index contributed by atoms with van der Waals surface area (Å²) in [6.07, 6.45) is 2.68. The van der Waals surface area contributed by atoms with E-state index >= 15 is 0 Å². The maximum Gasteiger partial charge on any atom is 0.220 e. The topological polar surface area (TPSA) is 46.9 Å². The first-order valence-electron chi connectivity index (χ1n) is 8.72. The Kier molecular flexibility index (Phi) is 5.64. The smallest absolute Gasteiger partial charge is 0.220 e. The van der Waals surface area contributed by atoms with E-state index in [4.69, 9.17) is 0 Å². The average molecular weight is 369 g/mol. The van der Waals surface area contributed by atoms with Gasteiger partial charge in [0.1, 0.15) is 11.6 Å². The first kappa shape index (κ1) is 18.8. The number of aromatic nitrogens is 2. The molecule has 0 atom stereocenters. The molecule has 3 aromatic rings. The first-order valence-corrected chi connectivity index (χ1v) is 8.72. The molecule has 1 heterocycles. The Balaban J connectivity index is 1.61. The van der Waals surface area contributed by atoms with Gasteiger partial charge < -0.3 is 5.32 Å². The highest BCUT2D eigenvalue weighted by Gasteiger charge is 2.12. The summed E-state index contributed by atoms with van der Waals surface area (Å²) >= 11 is 0. The Labute approximate surface area is 156 Å². The van der Waals surface area contributed by atoms with Crippen LogP contribution in [-0.4, -0.2) is 15.7 Å². The van der Waals surface area contributed by atoms with Crippen LogP contribution in [0.5, 0.6) is 0 Å². The minimum Gasteiger partial charge on any atom is -0.352 e. The van der Waals surface area contributed by atoms with Gasteiger partial charge in [0.2, 0.25) is 5.91 Å². The molecule has 0 spiro atoms. The Bertz CT molecular complexity index is 949. The number of nitrogens with one attached hydrogen (secondary N) is 1. The predicted octanol–water partition coefficient (Wildman–Crippen LogP) is 3.92. The van der Waals surface area contributed by atoms with Gasteiger partial charge in [-0.25, -0.2) is 8.78 Å². The monoisotopic (exact) mass is 369 g/mol. The van der Waals surface area contributed by atoms with Crippen molar-refractivity contribution in [2.45, 2.75) is 26.3 Å². The van der Waals surface area contributed by atoms with Gasteiger partial charge in [-0.15, -0.1) is 0 Å². The molecule has 1 aromatic heterocycles. The third-order valence-corrected chi connectivity index (χ3v) is 4.34. The van der Waals surface area contributed by atoms with Crippen LogP contribution in [0.4, 0.5) is 8.78 Å². The Morgan fingerprint density at radius 3 is 2.56 bits per heavy atom. The summed E-state index contributed by atoms with van der Waals surface area (Å²) in [6, 6.07) is 11.4. The highest BCUT2D eigenvalue weighted by Crippen LogP contribution is 2.23. The lowest BCUT2D eigenvalue weighted by Crippen LogP contribution is -2.23. The van der Waals surface area contributed by atoms with Crippen molar-refractivity contribution in [1.29, 1.82) is 0 Å². The van der Waals surface area contributed by atoms with Crippen LogP contribution in [0.15, 0.2) is 48.7 Å². The molecule has 0 unspecified atom stereocenters. The fourth-order valence-corrected chi connectivity index (χ4v) is 2.87. The van der Waals surface area contributed by atoms with Gasteiger partial charge in [-0.3, -0.25) is 9.48 Å². The number of benzene rings is 2. The number of rotatable bonds is 6. The van der Waals surface area contributed by atoms with Gasteiger partial charge in [-0.05, 0) is 25.0 Å². The normalized spacial score (nSPS) is 10.8. The van der Waals surface area contributed by atoms with Crippen LogP contribution in [0.2, 0.25) is 0 Å². The quantitative estimate of drug-likeness (QED) is 0.716. The van der Waals surface area contributed by atoms with E-state index < -0.39 is 11.6 Å². The van der Waals surface area contributed by atoms with Crippen molar-refractivity contribution >= 4 is 5.91 Å². The number of aryl methyl sites for hydroxylation is 3. The summed E-state index contributed by atoms with van der Waals surface area (Å²) in [5.74, 6) is -1.50. The maximum atomic E-state index is 13.6. The summed E-state index contributed by atoms with van der Waals surface area (Å²) in [5, 5.41) is 7.18. The molecule has 6 heteroatoms. The zero-order valence-corrected chi connectivity index (χ0v) is 15.3. The van der Waals surface area contributed by atoms with Gasteiger partial charge in [0.05, 0.1) is 5.69 Å². The second kappa shape index (κ2) is 8.12. The highest BCUT2D eigenvalue weighted by atomic mass is 19.1. The molecule has 4 nitrogen and oxygen atoms in total. The van der Waals surface area contributed by atoms with Gasteiger partial charge in [0, 0.05) is 43.4 Å². The average Bonchev–Trinajstić information content (AvgIpc) is 3.00. The molecule has 3 rings (SSSR count). The van der Waals surface area contributed by atoms with E-state index in [2.05, 4.69) is 10.4 Å². The Hall–Kier alpha value is -3.02. The minimum atomic E-state index is -0.663. The molecule has 0 aliphatic rings. The third kappa shape index (κ3) is 4.78. The Morgan fingerprint density at radius 1 is 1.11 bits per heavy atom. The van der Waals surface area contributed by atoms with Crippen LogP contribution in [-0.2, 0) is 24.8 Å². The fourth-order valence-electron chi connectivity index (χ4n) is 2.87. The molecule has 1 N–H and O–H groups in total. The van der Waals surface area contributed by atoms with Gasteiger partial charge in [-0.1, -0.05) is 35.9 Å². The van der Waals surface area contributed by atoms with E-state index in [1.54, 1.807) is 4.68 Å². The summed E-state index contributed by atoms with van der Waals surface area (Å²) in [6.45, 7) is 2.06. The van der Waals surface area contributed by atoms with Crippen molar-refractivity contribution < 1.29 is 13.6 Å². The molecular formula is C21H21F2N3O. The van der Waals surface area contributed by atoms with Crippen molar-refractivity contribution in [3.8, 4) is 11.3 Å². The molecule has 2 aromatic carbocycles. The summed E-state index contributed by atoms with van der Waals surface area (Å²) in [4.78, 5) is 12.1. The lowest BCUT2D eigenvalue weighted by Gasteiger charge is -2.07. The van der Waals surface area contributed by atoms with Crippen molar-refractivity contribution in [3.05, 3.63) is 77.0 Å². The number of carbonyl (C=O) groups excluding carboxylic acids is 1. The third-order valence-electron chi connectivity index (χ3n) is 4.34. The zero-order chi connectivity index (χ0) is 19.4. The number of amides is 1. The second-order valence-electron chi connectivity index (χ2n) is 6.56. The van der Waals surface area contributed by atoms with Crippen LogP contribution in [0.3, 0.4) is 0 Å². The second-order valence-corrected chi connectivity index (χ2v) is 6.56. The molecule has 140 valence electrons. The van der Waals surface area contributed by atoms with Crippen molar-refractivity contribution in [2.75, 3.05) is 0 Å². The van der Waals surface area contributed by atoms with E-state index in [1.807, 2.05) is 44.4 Å².